The van der Waals surface area contributed by atoms with Crippen molar-refractivity contribution in [3.05, 3.63) is 23.3 Å². The fraction of sp³-hybridized carbons (Fsp3) is 0.735. The van der Waals surface area contributed by atoms with Crippen LogP contribution in [0.15, 0.2) is 23.3 Å². The fourth-order valence-corrected chi connectivity index (χ4v) is 7.84. The van der Waals surface area contributed by atoms with Crippen LogP contribution in [0.4, 0.5) is 0 Å². The van der Waals surface area contributed by atoms with E-state index in [1.807, 2.05) is 20.8 Å². The predicted molar refractivity (Wildman–Crippen MR) is 160 cm³/mol. The smallest absolute Gasteiger partial charge is 0.333 e. The maximum atomic E-state index is 13.4. The molecule has 0 aromatic rings. The summed E-state index contributed by atoms with van der Waals surface area (Å²) in [7, 11) is 0. The molecule has 3 unspecified atom stereocenters. The van der Waals surface area contributed by atoms with Crippen LogP contribution in [0.1, 0.15) is 87.5 Å². The predicted octanol–water partition coefficient (Wildman–Crippen LogP) is 4.40. The van der Waals surface area contributed by atoms with Crippen molar-refractivity contribution in [2.75, 3.05) is 19.8 Å². The molecule has 11 heteroatoms. The molecule has 0 bridgehead atoms. The quantitative estimate of drug-likeness (QED) is 0.138. The van der Waals surface area contributed by atoms with Crippen molar-refractivity contribution in [2.24, 2.45) is 28.6 Å². The van der Waals surface area contributed by atoms with Gasteiger partial charge in [-0.2, -0.15) is 0 Å². The van der Waals surface area contributed by atoms with Gasteiger partial charge in [-0.25, -0.2) is 9.59 Å². The zero-order chi connectivity index (χ0) is 33.3. The van der Waals surface area contributed by atoms with Crippen molar-refractivity contribution in [3.8, 4) is 0 Å². The van der Waals surface area contributed by atoms with E-state index < -0.39 is 64.5 Å². The van der Waals surface area contributed by atoms with Gasteiger partial charge in [0.25, 0.3) is 0 Å². The van der Waals surface area contributed by atoms with E-state index in [0.717, 1.165) is 0 Å². The van der Waals surface area contributed by atoms with Crippen LogP contribution in [-0.2, 0) is 52.4 Å². The van der Waals surface area contributed by atoms with E-state index in [1.54, 1.807) is 19.9 Å². The first-order valence-electron chi connectivity index (χ1n) is 16.0. The second-order valence-electron chi connectivity index (χ2n) is 13.5. The third-order valence-electron chi connectivity index (χ3n) is 10.9. The minimum atomic E-state index is -1.07. The summed E-state index contributed by atoms with van der Waals surface area (Å²) in [5.41, 5.74) is -1.69. The molecule has 45 heavy (non-hydrogen) atoms. The lowest BCUT2D eigenvalue weighted by molar-refractivity contribution is -0.260. The second-order valence-corrected chi connectivity index (χ2v) is 13.5. The second kappa shape index (κ2) is 13.3. The Balaban J connectivity index is 1.90. The molecule has 9 atom stereocenters. The molecule has 0 aromatic carbocycles. The van der Waals surface area contributed by atoms with Gasteiger partial charge >= 0.3 is 29.8 Å². The zero-order valence-corrected chi connectivity index (χ0v) is 27.8. The summed E-state index contributed by atoms with van der Waals surface area (Å²) in [5.74, 6) is -3.43. The summed E-state index contributed by atoms with van der Waals surface area (Å²) < 4.78 is 35.7. The van der Waals surface area contributed by atoms with Crippen molar-refractivity contribution < 1.29 is 52.4 Å². The zero-order valence-electron chi connectivity index (χ0n) is 27.8. The third-order valence-corrected chi connectivity index (χ3v) is 10.9. The largest absolute Gasteiger partial charge is 0.465 e. The number of hydrogen-bond donors (Lipinski definition) is 0. The first-order valence-corrected chi connectivity index (χ1v) is 16.0. The topological polar surface area (TPSA) is 144 Å². The first-order chi connectivity index (χ1) is 21.1. The Kier molecular flexibility index (Phi) is 10.2. The van der Waals surface area contributed by atoms with Crippen LogP contribution in [0.25, 0.3) is 0 Å². The summed E-state index contributed by atoms with van der Waals surface area (Å²) in [4.78, 5) is 63.6. The molecule has 250 valence electrons. The third kappa shape index (κ3) is 6.55. The summed E-state index contributed by atoms with van der Waals surface area (Å²) in [6.07, 6.45) is 3.04. The Labute approximate surface area is 265 Å². The van der Waals surface area contributed by atoms with Gasteiger partial charge in [-0.3, -0.25) is 14.4 Å². The van der Waals surface area contributed by atoms with Gasteiger partial charge in [0.1, 0.15) is 37.1 Å². The molecule has 1 spiro atoms. The number of esters is 5. The number of carbonyl (C=O) groups excluding carboxylic acids is 5. The number of rotatable bonds is 11. The maximum absolute atomic E-state index is 13.4. The van der Waals surface area contributed by atoms with Gasteiger partial charge in [0, 0.05) is 37.0 Å². The van der Waals surface area contributed by atoms with Gasteiger partial charge in [0.05, 0.1) is 17.9 Å². The van der Waals surface area contributed by atoms with E-state index in [1.165, 1.54) is 19.9 Å². The van der Waals surface area contributed by atoms with E-state index in [9.17, 15) is 24.0 Å². The van der Waals surface area contributed by atoms with E-state index in [2.05, 4.69) is 6.92 Å². The van der Waals surface area contributed by atoms with E-state index >= 15 is 0 Å². The van der Waals surface area contributed by atoms with Gasteiger partial charge < -0.3 is 28.4 Å². The molecule has 0 amide bonds. The van der Waals surface area contributed by atoms with Crippen molar-refractivity contribution in [2.45, 2.75) is 111 Å². The van der Waals surface area contributed by atoms with Gasteiger partial charge in [-0.1, -0.05) is 33.8 Å². The number of allylic oxidation sites excluding steroid dienone is 1. The fourth-order valence-electron chi connectivity index (χ4n) is 7.84. The van der Waals surface area contributed by atoms with Gasteiger partial charge in [0.15, 0.2) is 0 Å². The van der Waals surface area contributed by atoms with Crippen LogP contribution in [0.2, 0.25) is 0 Å². The average Bonchev–Trinajstić information content (AvgIpc) is 3.64. The van der Waals surface area contributed by atoms with Gasteiger partial charge in [-0.05, 0) is 57.3 Å². The minimum Gasteiger partial charge on any atom is -0.465 e. The van der Waals surface area contributed by atoms with Gasteiger partial charge in [-0.15, -0.1) is 0 Å². The molecule has 1 saturated heterocycles. The molecule has 2 heterocycles. The molecule has 4 rings (SSSR count). The van der Waals surface area contributed by atoms with E-state index in [-0.39, 0.29) is 37.4 Å². The Bertz CT molecular complexity index is 1260. The molecule has 2 aliphatic heterocycles. The van der Waals surface area contributed by atoms with E-state index in [0.29, 0.717) is 43.4 Å². The molecule has 2 aliphatic carbocycles. The van der Waals surface area contributed by atoms with E-state index in [4.69, 9.17) is 28.4 Å². The summed E-state index contributed by atoms with van der Waals surface area (Å²) in [6.45, 7) is 14.1. The Morgan fingerprint density at radius 2 is 1.82 bits per heavy atom. The van der Waals surface area contributed by atoms with Crippen molar-refractivity contribution in [3.63, 3.8) is 0 Å². The first kappa shape index (κ1) is 34.7. The molecule has 0 N–H and O–H groups in total. The molecule has 3 fully saturated rings. The Hall–Kier alpha value is -3.21. The SMILES string of the molecule is C/C=C(\C)C(=O)O[C@@H](C[C@@]1(C)[C@H](C)CC(OC(C)=O)[C@]2(COC(C)=O)[C@@H]1C(OC(=O)[C@@H](C)CC)CCC21CO1)C1=CC(=O)OC1. The highest BCUT2D eigenvalue weighted by Gasteiger charge is 2.77. The highest BCUT2D eigenvalue weighted by molar-refractivity contribution is 5.88. The Morgan fingerprint density at radius 1 is 1.13 bits per heavy atom. The van der Waals surface area contributed by atoms with Crippen LogP contribution < -0.4 is 0 Å². The number of epoxide rings is 1. The molecule has 2 saturated carbocycles. The summed E-state index contributed by atoms with van der Waals surface area (Å²) in [6, 6.07) is 0. The molecule has 0 radical (unpaired) electrons. The van der Waals surface area contributed by atoms with Gasteiger partial charge in [0.2, 0.25) is 0 Å². The monoisotopic (exact) mass is 632 g/mol. The Morgan fingerprint density at radius 3 is 2.36 bits per heavy atom. The molecular formula is C34H48O11. The molecule has 11 nitrogen and oxygen atoms in total. The standard InChI is InChI=1S/C34H48O11/c1-9-19(3)30(38)44-25-11-12-33(17-42-33)34(18-41-22(6)35)27(43-23(7)36)13-21(5)32(8,29(25)34)15-26(24-14-28(37)40-16-24)45-31(39)20(4)10-2/h10,14,19,21,25-27,29H,9,11-13,15-18H2,1-8H3/b20-10+/t19-,21+,25?,26-,27?,29+,32-,33?,34+/m0/s1. The molecular weight excluding hydrogens is 584 g/mol. The summed E-state index contributed by atoms with van der Waals surface area (Å²) in [5, 5.41) is 0. The highest BCUT2D eigenvalue weighted by atomic mass is 16.6. The number of fused-ring (bicyclic) bond motifs is 2. The highest BCUT2D eigenvalue weighted by Crippen LogP contribution is 2.70. The lowest BCUT2D eigenvalue weighted by Gasteiger charge is -2.64. The van der Waals surface area contributed by atoms with Crippen molar-refractivity contribution >= 4 is 29.8 Å². The lowest BCUT2D eigenvalue weighted by Crippen LogP contribution is -2.71. The number of hydrogen-bond acceptors (Lipinski definition) is 11. The normalized spacial score (nSPS) is 35.3. The van der Waals surface area contributed by atoms with Crippen LogP contribution >= 0.6 is 0 Å². The number of cyclic esters (lactones) is 1. The van der Waals surface area contributed by atoms with Crippen molar-refractivity contribution in [1.29, 1.82) is 0 Å². The average molecular weight is 633 g/mol. The van der Waals surface area contributed by atoms with Crippen LogP contribution in [0, 0.1) is 28.6 Å². The van der Waals surface area contributed by atoms with Crippen molar-refractivity contribution in [1.82, 2.24) is 0 Å². The van der Waals surface area contributed by atoms with Crippen LogP contribution in [0.5, 0.6) is 0 Å². The minimum absolute atomic E-state index is 0.0189. The number of ether oxygens (including phenoxy) is 6. The number of carbonyl (C=O) groups is 5. The lowest BCUT2D eigenvalue weighted by atomic mass is 9.42. The van der Waals surface area contributed by atoms with Crippen LogP contribution in [0.3, 0.4) is 0 Å². The summed E-state index contributed by atoms with van der Waals surface area (Å²) >= 11 is 0. The van der Waals surface area contributed by atoms with Crippen LogP contribution in [-0.4, -0.2) is 73.6 Å². The molecule has 4 aliphatic rings. The maximum Gasteiger partial charge on any atom is 0.333 e. The molecule has 0 aromatic heterocycles.